The Bertz CT molecular complexity index is 945. The number of benzene rings is 2. The van der Waals surface area contributed by atoms with Gasteiger partial charge in [-0.2, -0.15) is 0 Å². The van der Waals surface area contributed by atoms with Crippen LogP contribution in [0.15, 0.2) is 42.5 Å². The van der Waals surface area contributed by atoms with Crippen molar-refractivity contribution in [1.29, 1.82) is 0 Å². The summed E-state index contributed by atoms with van der Waals surface area (Å²) in [4.78, 5) is 15.7. The number of ether oxygens (including phenoxy) is 3. The predicted molar refractivity (Wildman–Crippen MR) is 118 cm³/mol. The molecule has 0 bridgehead atoms. The van der Waals surface area contributed by atoms with Crippen LogP contribution >= 0.6 is 0 Å². The molecule has 3 unspecified atom stereocenters. The van der Waals surface area contributed by atoms with Crippen molar-refractivity contribution in [3.05, 3.63) is 53.6 Å². The summed E-state index contributed by atoms with van der Waals surface area (Å²) in [5.41, 5.74) is 0.613. The average molecular weight is 426 g/mol. The monoisotopic (exact) mass is 425 g/mol. The van der Waals surface area contributed by atoms with Crippen LogP contribution in [0, 0.1) is 5.92 Å². The lowest BCUT2D eigenvalue weighted by molar-refractivity contribution is -0.115. The van der Waals surface area contributed by atoms with Crippen molar-refractivity contribution in [2.75, 3.05) is 27.9 Å². The molecular formula is C25H31NO5. The number of rotatable bonds is 5. The van der Waals surface area contributed by atoms with E-state index < -0.39 is 5.60 Å². The van der Waals surface area contributed by atoms with Gasteiger partial charge in [-0.3, -0.25) is 4.79 Å². The van der Waals surface area contributed by atoms with E-state index in [0.717, 1.165) is 31.2 Å². The number of nitrogens with zero attached hydrogens (tertiary/aromatic N) is 1. The molecule has 1 amide bonds. The van der Waals surface area contributed by atoms with Gasteiger partial charge in [-0.25, -0.2) is 0 Å². The maximum absolute atomic E-state index is 13.8. The molecule has 2 aliphatic rings. The lowest BCUT2D eigenvalue weighted by atomic mass is 9.66. The fourth-order valence-electron chi connectivity index (χ4n) is 5.34. The molecule has 2 fully saturated rings. The standard InChI is InChI=1S/C25H31NO5/c1-29-17-11-12-22(31-3)19(16-17)23-20-9-6-7-13-25(20,28)14-15-26(23)24(27)18-8-4-5-10-21(18)30-2/h4-5,8,10-12,16,20,23,28H,6-7,9,13-15H2,1-3H3. The van der Waals surface area contributed by atoms with Crippen LogP contribution < -0.4 is 14.2 Å². The van der Waals surface area contributed by atoms with Crippen molar-refractivity contribution in [1.82, 2.24) is 4.90 Å². The fourth-order valence-corrected chi connectivity index (χ4v) is 5.34. The second-order valence-corrected chi connectivity index (χ2v) is 8.46. The minimum Gasteiger partial charge on any atom is -0.497 e. The second kappa shape index (κ2) is 8.79. The van der Waals surface area contributed by atoms with E-state index in [2.05, 4.69) is 0 Å². The van der Waals surface area contributed by atoms with Gasteiger partial charge in [0.05, 0.1) is 38.5 Å². The molecule has 0 spiro atoms. The fraction of sp³-hybridized carbons (Fsp3) is 0.480. The minimum absolute atomic E-state index is 0.0744. The molecule has 6 heteroatoms. The molecule has 0 radical (unpaired) electrons. The molecule has 166 valence electrons. The third-order valence-electron chi connectivity index (χ3n) is 6.92. The van der Waals surface area contributed by atoms with Crippen LogP contribution in [0.4, 0.5) is 0 Å². The van der Waals surface area contributed by atoms with Crippen LogP contribution in [0.25, 0.3) is 0 Å². The van der Waals surface area contributed by atoms with Crippen LogP contribution in [0.1, 0.15) is 54.1 Å². The van der Waals surface area contributed by atoms with E-state index in [9.17, 15) is 9.90 Å². The molecule has 3 atom stereocenters. The Labute approximate surface area is 183 Å². The van der Waals surface area contributed by atoms with Crippen molar-refractivity contribution in [3.63, 3.8) is 0 Å². The third-order valence-corrected chi connectivity index (χ3v) is 6.92. The zero-order chi connectivity index (χ0) is 22.0. The largest absolute Gasteiger partial charge is 0.497 e. The first kappa shape index (κ1) is 21.5. The lowest BCUT2D eigenvalue weighted by Crippen LogP contribution is -2.56. The van der Waals surface area contributed by atoms with Gasteiger partial charge in [-0.05, 0) is 49.6 Å². The van der Waals surface area contributed by atoms with Gasteiger partial charge >= 0.3 is 0 Å². The first-order valence-corrected chi connectivity index (χ1v) is 10.9. The highest BCUT2D eigenvalue weighted by Crippen LogP contribution is 2.51. The molecule has 0 aromatic heterocycles. The molecule has 1 saturated carbocycles. The van der Waals surface area contributed by atoms with Crippen molar-refractivity contribution >= 4 is 5.91 Å². The van der Waals surface area contributed by atoms with Crippen LogP contribution in [0.3, 0.4) is 0 Å². The Morgan fingerprint density at radius 3 is 2.52 bits per heavy atom. The maximum Gasteiger partial charge on any atom is 0.258 e. The molecule has 31 heavy (non-hydrogen) atoms. The lowest BCUT2D eigenvalue weighted by Gasteiger charge is -2.52. The summed E-state index contributed by atoms with van der Waals surface area (Å²) in [6.45, 7) is 0.467. The number of carbonyl (C=O) groups is 1. The quantitative estimate of drug-likeness (QED) is 0.777. The molecule has 4 rings (SSSR count). The molecule has 6 nitrogen and oxygen atoms in total. The summed E-state index contributed by atoms with van der Waals surface area (Å²) in [7, 11) is 4.83. The first-order chi connectivity index (χ1) is 15.0. The number of para-hydroxylation sites is 1. The van der Waals surface area contributed by atoms with Gasteiger partial charge in [0.2, 0.25) is 0 Å². The van der Waals surface area contributed by atoms with Crippen molar-refractivity contribution in [3.8, 4) is 17.2 Å². The Hall–Kier alpha value is -2.73. The highest BCUT2D eigenvalue weighted by atomic mass is 16.5. The summed E-state index contributed by atoms with van der Waals surface area (Å²) in [6, 6.07) is 12.6. The van der Waals surface area contributed by atoms with Gasteiger partial charge in [0.1, 0.15) is 17.2 Å². The Kier molecular flexibility index (Phi) is 6.10. The van der Waals surface area contributed by atoms with E-state index in [0.29, 0.717) is 35.8 Å². The second-order valence-electron chi connectivity index (χ2n) is 8.46. The SMILES string of the molecule is COc1ccc(OC)c(C2C3CCCCC3(O)CCN2C(=O)c2ccccc2OC)c1. The number of amides is 1. The van der Waals surface area contributed by atoms with E-state index in [1.807, 2.05) is 35.2 Å². The number of carbonyl (C=O) groups excluding carboxylic acids is 1. The Morgan fingerprint density at radius 2 is 1.77 bits per heavy atom. The molecule has 1 aliphatic heterocycles. The number of methoxy groups -OCH3 is 3. The summed E-state index contributed by atoms with van der Waals surface area (Å²) in [5, 5.41) is 11.5. The highest BCUT2D eigenvalue weighted by molar-refractivity contribution is 5.97. The zero-order valence-corrected chi connectivity index (χ0v) is 18.5. The smallest absolute Gasteiger partial charge is 0.258 e. The highest BCUT2D eigenvalue weighted by Gasteiger charge is 2.51. The van der Waals surface area contributed by atoms with Gasteiger partial charge in [0.25, 0.3) is 5.91 Å². The Balaban J connectivity index is 1.84. The van der Waals surface area contributed by atoms with E-state index in [4.69, 9.17) is 14.2 Å². The van der Waals surface area contributed by atoms with E-state index in [1.165, 1.54) is 0 Å². The molecule has 2 aromatic carbocycles. The summed E-state index contributed by atoms with van der Waals surface area (Å²) >= 11 is 0. The number of hydrogen-bond acceptors (Lipinski definition) is 5. The molecule has 1 saturated heterocycles. The van der Waals surface area contributed by atoms with E-state index in [1.54, 1.807) is 33.5 Å². The number of aliphatic hydroxyl groups is 1. The van der Waals surface area contributed by atoms with E-state index in [-0.39, 0.29) is 17.9 Å². The summed E-state index contributed by atoms with van der Waals surface area (Å²) in [5.74, 6) is 1.77. The zero-order valence-electron chi connectivity index (χ0n) is 18.5. The van der Waals surface area contributed by atoms with Crippen molar-refractivity contribution < 1.29 is 24.1 Å². The third kappa shape index (κ3) is 3.85. The molecule has 1 heterocycles. The molecular weight excluding hydrogens is 394 g/mol. The van der Waals surface area contributed by atoms with Gasteiger partial charge in [-0.1, -0.05) is 25.0 Å². The van der Waals surface area contributed by atoms with Crippen molar-refractivity contribution in [2.45, 2.75) is 43.7 Å². The maximum atomic E-state index is 13.8. The topological polar surface area (TPSA) is 68.2 Å². The van der Waals surface area contributed by atoms with Crippen LogP contribution in [0.2, 0.25) is 0 Å². The van der Waals surface area contributed by atoms with Gasteiger partial charge < -0.3 is 24.2 Å². The van der Waals surface area contributed by atoms with Crippen molar-refractivity contribution in [2.24, 2.45) is 5.92 Å². The summed E-state index contributed by atoms with van der Waals surface area (Å²) in [6.07, 6.45) is 4.23. The normalized spacial score (nSPS) is 25.5. The van der Waals surface area contributed by atoms with Crippen LogP contribution in [0.5, 0.6) is 17.2 Å². The number of piperidine rings is 1. The molecule has 1 N–H and O–H groups in total. The summed E-state index contributed by atoms with van der Waals surface area (Å²) < 4.78 is 16.6. The predicted octanol–water partition coefficient (Wildman–Crippen LogP) is 4.22. The van der Waals surface area contributed by atoms with E-state index >= 15 is 0 Å². The van der Waals surface area contributed by atoms with Gasteiger partial charge in [0.15, 0.2) is 0 Å². The van der Waals surface area contributed by atoms with Crippen LogP contribution in [-0.4, -0.2) is 49.4 Å². The average Bonchev–Trinajstić information content (AvgIpc) is 2.82. The molecule has 2 aromatic rings. The first-order valence-electron chi connectivity index (χ1n) is 10.9. The minimum atomic E-state index is -0.783. The number of hydrogen-bond donors (Lipinski definition) is 1. The van der Waals surface area contributed by atoms with Gasteiger partial charge in [-0.15, -0.1) is 0 Å². The molecule has 1 aliphatic carbocycles. The van der Waals surface area contributed by atoms with Gasteiger partial charge in [0, 0.05) is 18.0 Å². The number of likely N-dealkylation sites (tertiary alicyclic amines) is 1. The number of fused-ring (bicyclic) bond motifs is 1. The van der Waals surface area contributed by atoms with Crippen LogP contribution in [-0.2, 0) is 0 Å². The Morgan fingerprint density at radius 1 is 1.00 bits per heavy atom.